The lowest BCUT2D eigenvalue weighted by molar-refractivity contribution is 0.0288. The summed E-state index contributed by atoms with van der Waals surface area (Å²) in [5.74, 6) is -0.449. The minimum atomic E-state index is -0.603. The van der Waals surface area contributed by atoms with E-state index < -0.39 is 17.6 Å². The number of nitrogen functional groups attached to an aromatic ring is 1. The summed E-state index contributed by atoms with van der Waals surface area (Å²) in [6.07, 6.45) is 1.53. The lowest BCUT2D eigenvalue weighted by atomic mass is 10.1. The number of benzene rings is 2. The molecular formula is C28H28N8O4. The van der Waals surface area contributed by atoms with Crippen LogP contribution in [0.4, 0.5) is 16.6 Å². The predicted octanol–water partition coefficient (Wildman–Crippen LogP) is 4.65. The van der Waals surface area contributed by atoms with Crippen LogP contribution in [-0.2, 0) is 4.74 Å². The Morgan fingerprint density at radius 1 is 1.10 bits per heavy atom. The van der Waals surface area contributed by atoms with Crippen molar-refractivity contribution >= 4 is 46.0 Å². The smallest absolute Gasteiger partial charge is 0.410 e. The normalized spacial score (nSPS) is 15.6. The minimum Gasteiger partial charge on any atom is -0.444 e. The van der Waals surface area contributed by atoms with E-state index in [2.05, 4.69) is 25.4 Å². The molecule has 6 rings (SSSR count). The second kappa shape index (κ2) is 9.63. The Morgan fingerprint density at radius 2 is 1.90 bits per heavy atom. The van der Waals surface area contributed by atoms with Gasteiger partial charge in [0.25, 0.3) is 5.91 Å². The zero-order chi connectivity index (χ0) is 28.0. The van der Waals surface area contributed by atoms with Crippen LogP contribution in [0.25, 0.3) is 33.3 Å². The quantitative estimate of drug-likeness (QED) is 0.331. The van der Waals surface area contributed by atoms with Crippen LogP contribution >= 0.6 is 0 Å². The number of ether oxygens (including phenoxy) is 1. The molecule has 5 aromatic rings. The van der Waals surface area contributed by atoms with Gasteiger partial charge in [0.15, 0.2) is 16.9 Å². The standard InChI is InChI=1S/C28H28N8O4/c1-28(2,3)40-27(38)35-12-11-18(14-35)36-24-21(23(29)30-15-31-24)22(34-36)25(37)33-26-32-19-13-17(9-10-20(19)39-26)16-7-5-4-6-8-16/h4-10,13,15,18H,11-12,14H2,1-3H3,(H2,29,30,31)(H,32,33,37). The maximum Gasteiger partial charge on any atom is 0.410 e. The third-order valence-electron chi connectivity index (χ3n) is 6.61. The number of oxazole rings is 1. The van der Waals surface area contributed by atoms with Gasteiger partial charge in [0.1, 0.15) is 23.3 Å². The van der Waals surface area contributed by atoms with E-state index in [0.29, 0.717) is 41.6 Å². The minimum absolute atomic E-state index is 0.0281. The fourth-order valence-corrected chi connectivity index (χ4v) is 4.79. The second-order valence-electron chi connectivity index (χ2n) is 10.6. The lowest BCUT2D eigenvalue weighted by Gasteiger charge is -2.24. The number of carbonyl (C=O) groups is 2. The molecule has 0 spiro atoms. The maximum atomic E-state index is 13.4. The number of hydrogen-bond acceptors (Lipinski definition) is 9. The third-order valence-corrected chi connectivity index (χ3v) is 6.61. The highest BCUT2D eigenvalue weighted by Gasteiger charge is 2.34. The van der Waals surface area contributed by atoms with Crippen molar-refractivity contribution < 1.29 is 18.7 Å². The number of nitrogens with one attached hydrogen (secondary N) is 1. The van der Waals surface area contributed by atoms with Crippen molar-refractivity contribution in [1.29, 1.82) is 0 Å². The summed E-state index contributed by atoms with van der Waals surface area (Å²) in [6, 6.07) is 15.3. The second-order valence-corrected chi connectivity index (χ2v) is 10.6. The molecule has 1 unspecified atom stereocenters. The van der Waals surface area contributed by atoms with Crippen molar-refractivity contribution in [2.24, 2.45) is 0 Å². The highest BCUT2D eigenvalue weighted by molar-refractivity contribution is 6.12. The molecule has 1 fully saturated rings. The molecule has 0 aliphatic carbocycles. The fraction of sp³-hybridized carbons (Fsp3) is 0.286. The van der Waals surface area contributed by atoms with Gasteiger partial charge in [0.2, 0.25) is 0 Å². The van der Waals surface area contributed by atoms with Crippen molar-refractivity contribution in [2.45, 2.75) is 38.8 Å². The van der Waals surface area contributed by atoms with Crippen molar-refractivity contribution in [3.05, 3.63) is 60.6 Å². The molecule has 204 valence electrons. The number of carbonyl (C=O) groups excluding carboxylic acids is 2. The molecule has 0 saturated carbocycles. The van der Waals surface area contributed by atoms with Crippen LogP contribution in [0.1, 0.15) is 43.7 Å². The van der Waals surface area contributed by atoms with E-state index in [9.17, 15) is 9.59 Å². The largest absolute Gasteiger partial charge is 0.444 e. The molecule has 3 N–H and O–H groups in total. The van der Waals surface area contributed by atoms with E-state index in [1.54, 1.807) is 9.58 Å². The predicted molar refractivity (Wildman–Crippen MR) is 149 cm³/mol. The summed E-state index contributed by atoms with van der Waals surface area (Å²) in [7, 11) is 0. The summed E-state index contributed by atoms with van der Waals surface area (Å²) in [4.78, 5) is 40.5. The van der Waals surface area contributed by atoms with Gasteiger partial charge in [-0.1, -0.05) is 36.4 Å². The topological polar surface area (TPSA) is 154 Å². The number of likely N-dealkylation sites (tertiary alicyclic amines) is 1. The zero-order valence-corrected chi connectivity index (χ0v) is 22.3. The van der Waals surface area contributed by atoms with E-state index in [-0.39, 0.29) is 23.6 Å². The summed E-state index contributed by atoms with van der Waals surface area (Å²) in [5, 5.41) is 7.59. The number of rotatable bonds is 4. The van der Waals surface area contributed by atoms with Crippen LogP contribution in [0.2, 0.25) is 0 Å². The van der Waals surface area contributed by atoms with Crippen molar-refractivity contribution in [3.8, 4) is 11.1 Å². The molecule has 40 heavy (non-hydrogen) atoms. The van der Waals surface area contributed by atoms with Crippen LogP contribution in [0, 0.1) is 0 Å². The molecule has 0 bridgehead atoms. The molecule has 0 radical (unpaired) electrons. The molecule has 1 saturated heterocycles. The summed E-state index contributed by atoms with van der Waals surface area (Å²) in [5.41, 5.74) is 9.16. The highest BCUT2D eigenvalue weighted by atomic mass is 16.6. The first kappa shape index (κ1) is 25.3. The molecule has 4 heterocycles. The summed E-state index contributed by atoms with van der Waals surface area (Å²) in [6.45, 7) is 6.30. The van der Waals surface area contributed by atoms with Gasteiger partial charge in [-0.3, -0.25) is 10.1 Å². The lowest BCUT2D eigenvalue weighted by Crippen LogP contribution is -2.35. The first-order valence-electron chi connectivity index (χ1n) is 12.9. The van der Waals surface area contributed by atoms with E-state index in [1.807, 2.05) is 69.3 Å². The Morgan fingerprint density at radius 3 is 2.67 bits per heavy atom. The van der Waals surface area contributed by atoms with Crippen LogP contribution in [0.3, 0.4) is 0 Å². The van der Waals surface area contributed by atoms with Gasteiger partial charge in [0, 0.05) is 13.1 Å². The summed E-state index contributed by atoms with van der Waals surface area (Å²) >= 11 is 0. The van der Waals surface area contributed by atoms with E-state index >= 15 is 0 Å². The van der Waals surface area contributed by atoms with Crippen molar-refractivity contribution in [1.82, 2.24) is 29.6 Å². The van der Waals surface area contributed by atoms with E-state index in [4.69, 9.17) is 14.9 Å². The molecule has 1 atom stereocenters. The molecular weight excluding hydrogens is 512 g/mol. The Balaban J connectivity index is 1.27. The van der Waals surface area contributed by atoms with Gasteiger partial charge < -0.3 is 19.8 Å². The van der Waals surface area contributed by atoms with Crippen molar-refractivity contribution in [2.75, 3.05) is 24.1 Å². The molecule has 1 aliphatic rings. The molecule has 12 heteroatoms. The average molecular weight is 541 g/mol. The zero-order valence-electron chi connectivity index (χ0n) is 22.3. The monoisotopic (exact) mass is 540 g/mol. The van der Waals surface area contributed by atoms with Gasteiger partial charge in [-0.25, -0.2) is 19.4 Å². The van der Waals surface area contributed by atoms with Crippen LogP contribution < -0.4 is 11.1 Å². The fourth-order valence-electron chi connectivity index (χ4n) is 4.79. The number of nitrogens with two attached hydrogens (primary N) is 1. The number of aromatic nitrogens is 5. The highest BCUT2D eigenvalue weighted by Crippen LogP contribution is 2.31. The van der Waals surface area contributed by atoms with Crippen molar-refractivity contribution in [3.63, 3.8) is 0 Å². The van der Waals surface area contributed by atoms with E-state index in [1.165, 1.54) is 6.33 Å². The first-order valence-corrected chi connectivity index (χ1v) is 12.9. The molecule has 2 amide bonds. The Kier molecular flexibility index (Phi) is 6.09. The first-order chi connectivity index (χ1) is 19.2. The average Bonchev–Trinajstić information content (AvgIpc) is 3.64. The Bertz CT molecular complexity index is 1740. The molecule has 3 aromatic heterocycles. The van der Waals surface area contributed by atoms with Gasteiger partial charge in [0.05, 0.1) is 11.4 Å². The van der Waals surface area contributed by atoms with Gasteiger partial charge in [-0.05, 0) is 50.5 Å². The Hall–Kier alpha value is -5.00. The molecule has 12 nitrogen and oxygen atoms in total. The number of fused-ring (bicyclic) bond motifs is 2. The van der Waals surface area contributed by atoms with Crippen LogP contribution in [-0.4, -0.2) is 60.3 Å². The maximum absolute atomic E-state index is 13.4. The van der Waals surface area contributed by atoms with Gasteiger partial charge in [-0.2, -0.15) is 10.1 Å². The van der Waals surface area contributed by atoms with Crippen LogP contribution in [0.5, 0.6) is 0 Å². The number of amides is 2. The molecule has 2 aromatic carbocycles. The van der Waals surface area contributed by atoms with E-state index in [0.717, 1.165) is 11.1 Å². The number of anilines is 2. The Labute approximate surface area is 229 Å². The summed E-state index contributed by atoms with van der Waals surface area (Å²) < 4.78 is 12.9. The van der Waals surface area contributed by atoms with Gasteiger partial charge in [-0.15, -0.1) is 0 Å². The number of nitrogens with zero attached hydrogens (tertiary/aromatic N) is 6. The number of hydrogen-bond donors (Lipinski definition) is 2. The third kappa shape index (κ3) is 4.79. The SMILES string of the molecule is CC(C)(C)OC(=O)N1CCC(n2nc(C(=O)Nc3nc4cc(-c5ccccc5)ccc4o3)c3c(N)ncnc32)C1. The van der Waals surface area contributed by atoms with Gasteiger partial charge >= 0.3 is 12.1 Å². The van der Waals surface area contributed by atoms with Crippen LogP contribution in [0.15, 0.2) is 59.3 Å². The molecule has 1 aliphatic heterocycles.